The molecule has 1 aromatic carbocycles. The third kappa shape index (κ3) is 5.33. The first-order valence-corrected chi connectivity index (χ1v) is 8.24. The van der Waals surface area contributed by atoms with Crippen molar-refractivity contribution in [1.29, 1.82) is 0 Å². The average molecular weight is 292 g/mol. The number of methoxy groups -OCH3 is 1. The molecular formula is C18H28O3. The lowest BCUT2D eigenvalue weighted by atomic mass is 10.1. The second kappa shape index (κ2) is 9.06. The van der Waals surface area contributed by atoms with Gasteiger partial charge in [-0.1, -0.05) is 51.2 Å². The third-order valence-corrected chi connectivity index (χ3v) is 4.04. The van der Waals surface area contributed by atoms with Crippen LogP contribution in [-0.2, 0) is 9.47 Å². The topological polar surface area (TPSA) is 27.7 Å². The predicted molar refractivity (Wildman–Crippen MR) is 84.6 cm³/mol. The Hall–Kier alpha value is -1.06. The molecule has 118 valence electrons. The number of rotatable bonds is 8. The maximum absolute atomic E-state index is 6.09. The first kappa shape index (κ1) is 16.3. The summed E-state index contributed by atoms with van der Waals surface area (Å²) >= 11 is 0. The zero-order chi connectivity index (χ0) is 14.9. The van der Waals surface area contributed by atoms with Gasteiger partial charge in [0.1, 0.15) is 5.75 Å². The summed E-state index contributed by atoms with van der Waals surface area (Å²) in [5.41, 5.74) is 1.08. The van der Waals surface area contributed by atoms with Crippen LogP contribution in [0.4, 0.5) is 0 Å². The maximum atomic E-state index is 6.09. The first-order chi connectivity index (χ1) is 10.3. The summed E-state index contributed by atoms with van der Waals surface area (Å²) in [6, 6.07) is 7.95. The second-order valence-electron chi connectivity index (χ2n) is 5.73. The van der Waals surface area contributed by atoms with E-state index in [9.17, 15) is 0 Å². The molecule has 3 heteroatoms. The van der Waals surface area contributed by atoms with E-state index < -0.39 is 0 Å². The number of benzene rings is 1. The number of hydrogen-bond donors (Lipinski definition) is 0. The van der Waals surface area contributed by atoms with Crippen LogP contribution < -0.4 is 4.74 Å². The van der Waals surface area contributed by atoms with E-state index in [0.29, 0.717) is 6.10 Å². The van der Waals surface area contributed by atoms with Gasteiger partial charge < -0.3 is 14.2 Å². The van der Waals surface area contributed by atoms with E-state index in [2.05, 4.69) is 6.92 Å². The van der Waals surface area contributed by atoms with Crippen LogP contribution in [0.2, 0.25) is 0 Å². The van der Waals surface area contributed by atoms with Crippen molar-refractivity contribution in [3.8, 4) is 5.75 Å². The maximum Gasteiger partial charge on any atom is 0.184 e. The van der Waals surface area contributed by atoms with Crippen molar-refractivity contribution in [3.05, 3.63) is 29.8 Å². The minimum Gasteiger partial charge on any atom is -0.497 e. The largest absolute Gasteiger partial charge is 0.497 e. The van der Waals surface area contributed by atoms with Gasteiger partial charge in [0, 0.05) is 5.56 Å². The lowest BCUT2D eigenvalue weighted by Gasteiger charge is -2.30. The highest BCUT2D eigenvalue weighted by atomic mass is 16.7. The molecule has 0 bridgehead atoms. The quantitative estimate of drug-likeness (QED) is 0.640. The molecule has 3 nitrogen and oxygen atoms in total. The first-order valence-electron chi connectivity index (χ1n) is 8.24. The van der Waals surface area contributed by atoms with E-state index in [-0.39, 0.29) is 6.29 Å². The molecule has 0 spiro atoms. The molecule has 1 aliphatic heterocycles. The van der Waals surface area contributed by atoms with Crippen molar-refractivity contribution >= 4 is 0 Å². The molecule has 1 aliphatic rings. The Morgan fingerprint density at radius 3 is 2.57 bits per heavy atom. The molecule has 2 atom stereocenters. The molecule has 2 rings (SSSR count). The van der Waals surface area contributed by atoms with Crippen LogP contribution in [0.25, 0.3) is 0 Å². The van der Waals surface area contributed by atoms with Crippen LogP contribution >= 0.6 is 0 Å². The fraction of sp³-hybridized carbons (Fsp3) is 0.667. The molecule has 0 radical (unpaired) electrons. The Balaban J connectivity index is 1.77. The van der Waals surface area contributed by atoms with Gasteiger partial charge in [-0.15, -0.1) is 0 Å². The Bertz CT molecular complexity index is 388. The average Bonchev–Trinajstić information content (AvgIpc) is 2.55. The molecule has 1 heterocycles. The summed E-state index contributed by atoms with van der Waals surface area (Å²) < 4.78 is 17.0. The zero-order valence-electron chi connectivity index (χ0n) is 13.3. The lowest BCUT2D eigenvalue weighted by molar-refractivity contribution is -0.218. The van der Waals surface area contributed by atoms with E-state index in [4.69, 9.17) is 14.2 Å². The molecule has 0 aliphatic carbocycles. The third-order valence-electron chi connectivity index (χ3n) is 4.04. The van der Waals surface area contributed by atoms with Crippen molar-refractivity contribution in [2.75, 3.05) is 13.7 Å². The van der Waals surface area contributed by atoms with Gasteiger partial charge in [0.15, 0.2) is 6.29 Å². The molecule has 0 N–H and O–H groups in total. The van der Waals surface area contributed by atoms with Crippen molar-refractivity contribution in [3.63, 3.8) is 0 Å². The molecule has 1 fully saturated rings. The van der Waals surface area contributed by atoms with Crippen LogP contribution in [0.3, 0.4) is 0 Å². The monoisotopic (exact) mass is 292 g/mol. The van der Waals surface area contributed by atoms with E-state index in [1.165, 1.54) is 32.1 Å². The molecule has 1 saturated heterocycles. The van der Waals surface area contributed by atoms with Crippen molar-refractivity contribution in [1.82, 2.24) is 0 Å². The fourth-order valence-electron chi connectivity index (χ4n) is 2.71. The molecule has 0 amide bonds. The van der Waals surface area contributed by atoms with Crippen LogP contribution in [0.15, 0.2) is 24.3 Å². The normalized spacial score (nSPS) is 22.2. The predicted octanol–water partition coefficient (Wildman–Crippen LogP) is 4.86. The Labute approximate surface area is 128 Å². The minimum atomic E-state index is -0.217. The van der Waals surface area contributed by atoms with Gasteiger partial charge >= 0.3 is 0 Å². The second-order valence-corrected chi connectivity index (χ2v) is 5.73. The van der Waals surface area contributed by atoms with Gasteiger partial charge in [0.05, 0.1) is 19.8 Å². The lowest BCUT2D eigenvalue weighted by Crippen LogP contribution is -2.26. The summed E-state index contributed by atoms with van der Waals surface area (Å²) in [6.45, 7) is 3.04. The van der Waals surface area contributed by atoms with Gasteiger partial charge in [0.25, 0.3) is 0 Å². The highest BCUT2D eigenvalue weighted by Gasteiger charge is 2.23. The number of unbranched alkanes of at least 4 members (excludes halogenated alkanes) is 4. The Morgan fingerprint density at radius 2 is 1.86 bits per heavy atom. The van der Waals surface area contributed by atoms with Crippen LogP contribution in [-0.4, -0.2) is 19.8 Å². The van der Waals surface area contributed by atoms with Crippen LogP contribution in [0.5, 0.6) is 5.75 Å². The smallest absolute Gasteiger partial charge is 0.184 e. The van der Waals surface area contributed by atoms with E-state index in [0.717, 1.165) is 30.8 Å². The highest BCUT2D eigenvalue weighted by molar-refractivity contribution is 5.27. The minimum absolute atomic E-state index is 0.217. The van der Waals surface area contributed by atoms with E-state index in [1.807, 2.05) is 24.3 Å². The summed E-state index contributed by atoms with van der Waals surface area (Å²) in [4.78, 5) is 0. The van der Waals surface area contributed by atoms with Gasteiger partial charge in [0.2, 0.25) is 0 Å². The molecular weight excluding hydrogens is 264 g/mol. The standard InChI is InChI=1S/C18H28O3/c1-3-4-5-6-7-8-17-13-14-20-18(21-17)15-9-11-16(19-2)12-10-15/h9-12,17-18H,3-8,13-14H2,1-2H3/t17-,18?/m1/s1. The van der Waals surface area contributed by atoms with Gasteiger partial charge in [-0.25, -0.2) is 0 Å². The van der Waals surface area contributed by atoms with Gasteiger partial charge in [-0.2, -0.15) is 0 Å². The van der Waals surface area contributed by atoms with Crippen molar-refractivity contribution < 1.29 is 14.2 Å². The Morgan fingerprint density at radius 1 is 1.10 bits per heavy atom. The van der Waals surface area contributed by atoms with Gasteiger partial charge in [-0.3, -0.25) is 0 Å². The SMILES string of the molecule is CCCCCCC[C@@H]1CCOC(c2ccc(OC)cc2)O1. The summed E-state index contributed by atoms with van der Waals surface area (Å²) in [5.74, 6) is 0.863. The molecule has 21 heavy (non-hydrogen) atoms. The number of hydrogen-bond acceptors (Lipinski definition) is 3. The van der Waals surface area contributed by atoms with Crippen molar-refractivity contribution in [2.24, 2.45) is 0 Å². The highest BCUT2D eigenvalue weighted by Crippen LogP contribution is 2.29. The molecule has 1 unspecified atom stereocenters. The summed E-state index contributed by atoms with van der Waals surface area (Å²) in [7, 11) is 1.68. The van der Waals surface area contributed by atoms with Crippen molar-refractivity contribution in [2.45, 2.75) is 64.3 Å². The molecule has 0 aromatic heterocycles. The fourth-order valence-corrected chi connectivity index (χ4v) is 2.71. The molecule has 1 aromatic rings. The zero-order valence-corrected chi connectivity index (χ0v) is 13.3. The van der Waals surface area contributed by atoms with Crippen LogP contribution in [0.1, 0.15) is 63.7 Å². The summed E-state index contributed by atoms with van der Waals surface area (Å²) in [5, 5.41) is 0. The Kier molecular flexibility index (Phi) is 7.04. The van der Waals surface area contributed by atoms with E-state index in [1.54, 1.807) is 7.11 Å². The van der Waals surface area contributed by atoms with Crippen LogP contribution in [0, 0.1) is 0 Å². The van der Waals surface area contributed by atoms with E-state index >= 15 is 0 Å². The molecule has 0 saturated carbocycles. The summed E-state index contributed by atoms with van der Waals surface area (Å²) in [6.07, 6.45) is 8.87. The van der Waals surface area contributed by atoms with Gasteiger partial charge in [-0.05, 0) is 25.0 Å². The number of ether oxygens (including phenoxy) is 3.